The molecule has 7 nitrogen and oxygen atoms in total. The molecule has 0 radical (unpaired) electrons. The Balaban J connectivity index is 1.96. The SMILES string of the molecule is CCC(=O)N(C)CC(=O)N1N=C(c2ccc(OC)cc2OC)CC1c1ccc(F)cc1. The normalized spacial score (nSPS) is 15.5. The van der Waals surface area contributed by atoms with Gasteiger partial charge in [0, 0.05) is 31.5 Å². The topological polar surface area (TPSA) is 71.4 Å². The Morgan fingerprint density at radius 1 is 1.16 bits per heavy atom. The maximum Gasteiger partial charge on any atom is 0.262 e. The van der Waals surface area contributed by atoms with Crippen LogP contribution in [0.15, 0.2) is 47.6 Å². The number of hydrogen-bond donors (Lipinski definition) is 0. The Hall–Kier alpha value is -3.42. The third-order valence-corrected chi connectivity index (χ3v) is 5.24. The molecule has 0 saturated carbocycles. The fourth-order valence-electron chi connectivity index (χ4n) is 3.52. The molecule has 0 fully saturated rings. The minimum Gasteiger partial charge on any atom is -0.497 e. The summed E-state index contributed by atoms with van der Waals surface area (Å²) < 4.78 is 24.2. The number of carbonyl (C=O) groups excluding carboxylic acids is 2. The molecule has 1 aliphatic rings. The van der Waals surface area contributed by atoms with Crippen LogP contribution in [0.2, 0.25) is 0 Å². The van der Waals surface area contributed by atoms with Gasteiger partial charge in [0.2, 0.25) is 5.91 Å². The van der Waals surface area contributed by atoms with E-state index in [1.54, 1.807) is 52.5 Å². The van der Waals surface area contributed by atoms with Crippen LogP contribution in [0.5, 0.6) is 11.5 Å². The van der Waals surface area contributed by atoms with E-state index in [-0.39, 0.29) is 24.2 Å². The highest BCUT2D eigenvalue weighted by atomic mass is 19.1. The summed E-state index contributed by atoms with van der Waals surface area (Å²) in [6.45, 7) is 1.65. The molecule has 0 spiro atoms. The van der Waals surface area contributed by atoms with E-state index in [9.17, 15) is 14.0 Å². The van der Waals surface area contributed by atoms with Crippen LogP contribution in [0, 0.1) is 5.82 Å². The van der Waals surface area contributed by atoms with Crippen molar-refractivity contribution in [1.82, 2.24) is 9.91 Å². The maximum absolute atomic E-state index is 13.5. The zero-order valence-electron chi connectivity index (χ0n) is 18.1. The molecule has 1 heterocycles. The van der Waals surface area contributed by atoms with E-state index in [0.717, 1.165) is 11.1 Å². The van der Waals surface area contributed by atoms with Crippen LogP contribution in [0.4, 0.5) is 4.39 Å². The molecular weight excluding hydrogens is 401 g/mol. The van der Waals surface area contributed by atoms with Gasteiger partial charge in [-0.15, -0.1) is 0 Å². The average Bonchev–Trinajstić information content (AvgIpc) is 3.23. The number of benzene rings is 2. The van der Waals surface area contributed by atoms with Crippen molar-refractivity contribution in [1.29, 1.82) is 0 Å². The molecule has 0 N–H and O–H groups in total. The molecular formula is C23H26FN3O4. The lowest BCUT2D eigenvalue weighted by molar-refractivity contribution is -0.140. The zero-order valence-corrected chi connectivity index (χ0v) is 18.1. The Kier molecular flexibility index (Phi) is 6.89. The first-order valence-electron chi connectivity index (χ1n) is 9.99. The summed E-state index contributed by atoms with van der Waals surface area (Å²) in [5, 5.41) is 5.97. The lowest BCUT2D eigenvalue weighted by Gasteiger charge is -2.24. The monoisotopic (exact) mass is 427 g/mol. The molecule has 0 aromatic heterocycles. The first kappa shape index (κ1) is 22.3. The van der Waals surface area contributed by atoms with E-state index in [2.05, 4.69) is 5.10 Å². The standard InChI is InChI=1S/C23H26FN3O4/c1-5-22(28)26(2)14-23(29)27-20(15-6-8-16(24)9-7-15)13-19(25-27)18-11-10-17(30-3)12-21(18)31-4/h6-12,20H,5,13-14H2,1-4H3. The van der Waals surface area contributed by atoms with Crippen molar-refractivity contribution in [2.24, 2.45) is 5.10 Å². The third-order valence-electron chi connectivity index (χ3n) is 5.24. The van der Waals surface area contributed by atoms with Crippen LogP contribution in [0.3, 0.4) is 0 Å². The number of carbonyl (C=O) groups is 2. The third kappa shape index (κ3) is 4.84. The fourth-order valence-corrected chi connectivity index (χ4v) is 3.52. The molecule has 0 aliphatic carbocycles. The molecule has 2 aromatic carbocycles. The van der Waals surface area contributed by atoms with Crippen molar-refractivity contribution in [3.63, 3.8) is 0 Å². The fraction of sp³-hybridized carbons (Fsp3) is 0.348. The van der Waals surface area contributed by atoms with Gasteiger partial charge in [0.05, 0.1) is 26.0 Å². The van der Waals surface area contributed by atoms with E-state index in [0.29, 0.717) is 30.1 Å². The Morgan fingerprint density at radius 3 is 2.48 bits per heavy atom. The Labute approximate surface area is 181 Å². The second-order valence-electron chi connectivity index (χ2n) is 7.23. The van der Waals surface area contributed by atoms with Crippen molar-refractivity contribution in [3.8, 4) is 11.5 Å². The van der Waals surface area contributed by atoms with Gasteiger partial charge in [-0.2, -0.15) is 5.10 Å². The van der Waals surface area contributed by atoms with Gasteiger partial charge >= 0.3 is 0 Å². The first-order valence-corrected chi connectivity index (χ1v) is 9.99. The molecule has 8 heteroatoms. The number of rotatable bonds is 7. The van der Waals surface area contributed by atoms with E-state index in [4.69, 9.17) is 9.47 Å². The van der Waals surface area contributed by atoms with E-state index in [1.165, 1.54) is 22.0 Å². The number of hydrogen-bond acceptors (Lipinski definition) is 5. The number of amides is 2. The smallest absolute Gasteiger partial charge is 0.262 e. The van der Waals surface area contributed by atoms with Gasteiger partial charge in [0.15, 0.2) is 0 Å². The van der Waals surface area contributed by atoms with Gasteiger partial charge in [-0.3, -0.25) is 9.59 Å². The number of hydrazone groups is 1. The van der Waals surface area contributed by atoms with Crippen molar-refractivity contribution >= 4 is 17.5 Å². The summed E-state index contributed by atoms with van der Waals surface area (Å²) in [7, 11) is 4.71. The van der Waals surface area contributed by atoms with Gasteiger partial charge in [0.1, 0.15) is 23.9 Å². The predicted octanol–water partition coefficient (Wildman–Crippen LogP) is 3.39. The van der Waals surface area contributed by atoms with E-state index >= 15 is 0 Å². The molecule has 0 bridgehead atoms. The highest BCUT2D eigenvalue weighted by molar-refractivity contribution is 6.05. The minimum atomic E-state index is -0.417. The van der Waals surface area contributed by atoms with Crippen LogP contribution in [0.1, 0.15) is 36.9 Å². The summed E-state index contributed by atoms with van der Waals surface area (Å²) in [5.41, 5.74) is 2.15. The number of ether oxygens (including phenoxy) is 2. The van der Waals surface area contributed by atoms with Gasteiger partial charge in [-0.05, 0) is 29.8 Å². The number of methoxy groups -OCH3 is 2. The molecule has 2 aromatic rings. The maximum atomic E-state index is 13.5. The van der Waals surface area contributed by atoms with Gasteiger partial charge in [0.25, 0.3) is 5.91 Å². The van der Waals surface area contributed by atoms with Crippen LogP contribution in [-0.2, 0) is 9.59 Å². The first-order chi connectivity index (χ1) is 14.9. The van der Waals surface area contributed by atoms with Gasteiger partial charge in [-0.25, -0.2) is 9.40 Å². The van der Waals surface area contributed by atoms with Gasteiger partial charge in [-0.1, -0.05) is 19.1 Å². The van der Waals surface area contributed by atoms with Crippen LogP contribution in [0.25, 0.3) is 0 Å². The summed E-state index contributed by atoms with van der Waals surface area (Å²) in [4.78, 5) is 26.4. The molecule has 2 amide bonds. The number of halogens is 1. The van der Waals surface area contributed by atoms with Crippen molar-refractivity contribution in [2.45, 2.75) is 25.8 Å². The Bertz CT molecular complexity index is 991. The second-order valence-corrected chi connectivity index (χ2v) is 7.23. The highest BCUT2D eigenvalue weighted by Gasteiger charge is 2.34. The molecule has 0 saturated heterocycles. The van der Waals surface area contributed by atoms with Crippen LogP contribution < -0.4 is 9.47 Å². The predicted molar refractivity (Wildman–Crippen MR) is 115 cm³/mol. The molecule has 1 atom stereocenters. The molecule has 1 aliphatic heterocycles. The number of likely N-dealkylation sites (N-methyl/N-ethyl adjacent to an activating group) is 1. The van der Waals surface area contributed by atoms with E-state index < -0.39 is 6.04 Å². The van der Waals surface area contributed by atoms with Crippen LogP contribution >= 0.6 is 0 Å². The minimum absolute atomic E-state index is 0.0963. The molecule has 31 heavy (non-hydrogen) atoms. The summed E-state index contributed by atoms with van der Waals surface area (Å²) in [5.74, 6) is 0.407. The van der Waals surface area contributed by atoms with Crippen molar-refractivity contribution in [3.05, 3.63) is 59.4 Å². The number of nitrogens with zero attached hydrogens (tertiary/aromatic N) is 3. The molecule has 1 unspecified atom stereocenters. The highest BCUT2D eigenvalue weighted by Crippen LogP contribution is 2.36. The summed E-state index contributed by atoms with van der Waals surface area (Å²) in [6, 6.07) is 11.0. The van der Waals surface area contributed by atoms with Crippen LogP contribution in [-0.4, -0.2) is 55.2 Å². The average molecular weight is 427 g/mol. The summed E-state index contributed by atoms with van der Waals surface area (Å²) >= 11 is 0. The van der Waals surface area contributed by atoms with Crippen molar-refractivity contribution < 1.29 is 23.5 Å². The molecule has 3 rings (SSSR count). The zero-order chi connectivity index (χ0) is 22.5. The Morgan fingerprint density at radius 2 is 1.87 bits per heavy atom. The quantitative estimate of drug-likeness (QED) is 0.679. The van der Waals surface area contributed by atoms with Crippen molar-refractivity contribution in [2.75, 3.05) is 27.8 Å². The molecule has 164 valence electrons. The largest absolute Gasteiger partial charge is 0.497 e. The lowest BCUT2D eigenvalue weighted by atomic mass is 9.97. The second kappa shape index (κ2) is 9.59. The lowest BCUT2D eigenvalue weighted by Crippen LogP contribution is -2.39. The van der Waals surface area contributed by atoms with Gasteiger partial charge < -0.3 is 14.4 Å². The summed E-state index contributed by atoms with van der Waals surface area (Å²) in [6.07, 6.45) is 0.730. The van der Waals surface area contributed by atoms with E-state index in [1.807, 2.05) is 6.07 Å².